The van der Waals surface area contributed by atoms with E-state index in [2.05, 4.69) is 4.72 Å². The molecule has 1 atom stereocenters. The first-order valence-corrected chi connectivity index (χ1v) is 10.0. The predicted octanol–water partition coefficient (Wildman–Crippen LogP) is 0.884. The molecule has 2 aromatic rings. The highest BCUT2D eigenvalue weighted by Gasteiger charge is 2.21. The maximum atomic E-state index is 12.5. The van der Waals surface area contributed by atoms with E-state index < -0.39 is 22.0 Å². The van der Waals surface area contributed by atoms with Gasteiger partial charge in [-0.25, -0.2) is 13.1 Å². The number of nitrogens with two attached hydrogens (primary N) is 1. The zero-order valence-corrected chi connectivity index (χ0v) is 15.7. The minimum Gasteiger partial charge on any atom is -0.496 e. The van der Waals surface area contributed by atoms with E-state index in [4.69, 9.17) is 20.3 Å². The van der Waals surface area contributed by atoms with Gasteiger partial charge in [-0.1, -0.05) is 0 Å². The normalized spacial score (nSPS) is 12.7. The summed E-state index contributed by atoms with van der Waals surface area (Å²) in [6.07, 6.45) is -0.544. The molecular weight excluding hydrogens is 380 g/mol. The van der Waals surface area contributed by atoms with Gasteiger partial charge in [0.25, 0.3) is 5.91 Å². The van der Waals surface area contributed by atoms with Crippen molar-refractivity contribution >= 4 is 27.3 Å². The van der Waals surface area contributed by atoms with E-state index >= 15 is 0 Å². The topological polar surface area (TPSA) is 128 Å². The quantitative estimate of drug-likeness (QED) is 0.543. The number of nitrogens with one attached hydrogen (secondary N) is 1. The number of carbonyl (C=O) groups is 1. The Morgan fingerprint density at radius 1 is 1.38 bits per heavy atom. The average Bonchev–Trinajstić information content (AvgIpc) is 3.15. The molecule has 0 bridgehead atoms. The van der Waals surface area contributed by atoms with E-state index in [1.807, 2.05) is 16.8 Å². The van der Waals surface area contributed by atoms with Gasteiger partial charge in [0.2, 0.25) is 10.0 Å². The summed E-state index contributed by atoms with van der Waals surface area (Å²) < 4.78 is 38.1. The van der Waals surface area contributed by atoms with Gasteiger partial charge in [-0.3, -0.25) is 4.79 Å². The fourth-order valence-electron chi connectivity index (χ4n) is 2.24. The molecule has 0 fully saturated rings. The van der Waals surface area contributed by atoms with Crippen LogP contribution >= 0.6 is 11.3 Å². The molecule has 4 N–H and O–H groups in total. The number of aliphatic hydroxyl groups is 1. The van der Waals surface area contributed by atoms with Gasteiger partial charge in [0.15, 0.2) is 0 Å². The minimum atomic E-state index is -3.90. The first-order valence-electron chi connectivity index (χ1n) is 7.61. The number of rotatable bonds is 10. The fourth-order valence-corrected chi connectivity index (χ4v) is 4.00. The van der Waals surface area contributed by atoms with Crippen molar-refractivity contribution in [2.24, 2.45) is 5.73 Å². The summed E-state index contributed by atoms with van der Waals surface area (Å²) in [6, 6.07) is 5.67. The van der Waals surface area contributed by atoms with Gasteiger partial charge in [0, 0.05) is 6.54 Å². The summed E-state index contributed by atoms with van der Waals surface area (Å²) in [6.45, 7) is -0.124. The first kappa shape index (κ1) is 20.3. The number of ether oxygens (including phenoxy) is 2. The summed E-state index contributed by atoms with van der Waals surface area (Å²) in [5.74, 6) is -0.597. The Hall–Kier alpha value is -1.98. The van der Waals surface area contributed by atoms with Gasteiger partial charge < -0.3 is 20.3 Å². The summed E-state index contributed by atoms with van der Waals surface area (Å²) in [5.41, 5.74) is 6.04. The van der Waals surface area contributed by atoms with Crippen molar-refractivity contribution in [3.8, 4) is 5.75 Å². The summed E-state index contributed by atoms with van der Waals surface area (Å²) in [5, 5.41) is 12.6. The minimum absolute atomic E-state index is 0.0266. The van der Waals surface area contributed by atoms with Crippen LogP contribution in [0.4, 0.5) is 0 Å². The maximum Gasteiger partial charge on any atom is 0.252 e. The van der Waals surface area contributed by atoms with E-state index in [1.54, 1.807) is 0 Å². The van der Waals surface area contributed by atoms with Crippen molar-refractivity contribution in [3.05, 3.63) is 46.2 Å². The number of methoxy groups -OCH3 is 1. The molecule has 26 heavy (non-hydrogen) atoms. The predicted molar refractivity (Wildman–Crippen MR) is 96.8 cm³/mol. The second-order valence-corrected chi connectivity index (χ2v) is 7.76. The van der Waals surface area contributed by atoms with Crippen LogP contribution in [0, 0.1) is 0 Å². The molecule has 1 aromatic heterocycles. The lowest BCUT2D eigenvalue weighted by molar-refractivity contribution is 0.0311. The Bertz CT molecular complexity index is 836. The lowest BCUT2D eigenvalue weighted by Crippen LogP contribution is -2.30. The Morgan fingerprint density at radius 3 is 2.73 bits per heavy atom. The number of carbonyl (C=O) groups excluding carboxylic acids is 1. The Morgan fingerprint density at radius 2 is 2.15 bits per heavy atom. The van der Waals surface area contributed by atoms with Gasteiger partial charge in [-0.2, -0.15) is 11.3 Å². The number of primary amides is 1. The van der Waals surface area contributed by atoms with Crippen molar-refractivity contribution in [1.82, 2.24) is 4.72 Å². The number of aliphatic hydroxyl groups excluding tert-OH is 1. The maximum absolute atomic E-state index is 12.5. The lowest BCUT2D eigenvalue weighted by Gasteiger charge is -2.17. The van der Waals surface area contributed by atoms with Crippen molar-refractivity contribution < 1.29 is 27.8 Å². The summed E-state index contributed by atoms with van der Waals surface area (Å²) in [7, 11) is -2.55. The molecule has 0 aliphatic carbocycles. The zero-order chi connectivity index (χ0) is 19.2. The molecule has 0 aliphatic rings. The summed E-state index contributed by atoms with van der Waals surface area (Å²) >= 11 is 1.46. The molecule has 0 unspecified atom stereocenters. The SMILES string of the molecule is COc1ccc(S(=O)(=O)NC[C@@H](OCCO)c2ccsc2)cc1C(N)=O. The van der Waals surface area contributed by atoms with Crippen molar-refractivity contribution in [2.75, 3.05) is 26.9 Å². The number of benzene rings is 1. The van der Waals surface area contributed by atoms with Crippen LogP contribution in [-0.4, -0.2) is 46.3 Å². The monoisotopic (exact) mass is 400 g/mol. The highest BCUT2D eigenvalue weighted by molar-refractivity contribution is 7.89. The van der Waals surface area contributed by atoms with E-state index in [1.165, 1.54) is 30.6 Å². The molecule has 1 heterocycles. The van der Waals surface area contributed by atoms with E-state index in [0.29, 0.717) is 0 Å². The zero-order valence-electron chi connectivity index (χ0n) is 14.0. The molecule has 2 rings (SSSR count). The Kier molecular flexibility index (Phi) is 7.12. The lowest BCUT2D eigenvalue weighted by atomic mass is 10.2. The van der Waals surface area contributed by atoms with Crippen LogP contribution in [0.1, 0.15) is 22.0 Å². The molecule has 0 saturated carbocycles. The Balaban J connectivity index is 2.19. The molecule has 1 amide bonds. The van der Waals surface area contributed by atoms with Crippen LogP contribution in [0.2, 0.25) is 0 Å². The molecule has 0 spiro atoms. The van der Waals surface area contributed by atoms with Crippen molar-refractivity contribution in [2.45, 2.75) is 11.0 Å². The molecule has 142 valence electrons. The molecule has 8 nitrogen and oxygen atoms in total. The molecule has 0 saturated heterocycles. The van der Waals surface area contributed by atoms with Crippen LogP contribution in [-0.2, 0) is 14.8 Å². The van der Waals surface area contributed by atoms with Gasteiger partial charge in [-0.15, -0.1) is 0 Å². The van der Waals surface area contributed by atoms with Crippen molar-refractivity contribution in [1.29, 1.82) is 0 Å². The second-order valence-electron chi connectivity index (χ2n) is 5.22. The third kappa shape index (κ3) is 5.02. The van der Waals surface area contributed by atoms with Gasteiger partial charge in [0.05, 0.1) is 36.9 Å². The number of hydrogen-bond donors (Lipinski definition) is 3. The molecular formula is C16H20N2O6S2. The highest BCUT2D eigenvalue weighted by atomic mass is 32.2. The molecule has 0 aliphatic heterocycles. The number of amides is 1. The van der Waals surface area contributed by atoms with Crippen LogP contribution in [0.15, 0.2) is 39.9 Å². The van der Waals surface area contributed by atoms with Crippen LogP contribution in [0.3, 0.4) is 0 Å². The van der Waals surface area contributed by atoms with Gasteiger partial charge in [-0.05, 0) is 40.6 Å². The second kappa shape index (κ2) is 9.10. The van der Waals surface area contributed by atoms with Gasteiger partial charge >= 0.3 is 0 Å². The highest BCUT2D eigenvalue weighted by Crippen LogP contribution is 2.23. The first-order chi connectivity index (χ1) is 12.4. The number of sulfonamides is 1. The van der Waals surface area contributed by atoms with Crippen LogP contribution in [0.5, 0.6) is 5.75 Å². The third-order valence-corrected chi connectivity index (χ3v) is 5.65. The smallest absolute Gasteiger partial charge is 0.252 e. The third-order valence-electron chi connectivity index (χ3n) is 3.53. The Labute approximate surface area is 155 Å². The largest absolute Gasteiger partial charge is 0.496 e. The number of hydrogen-bond acceptors (Lipinski definition) is 7. The van der Waals surface area contributed by atoms with Crippen LogP contribution < -0.4 is 15.2 Å². The molecule has 10 heteroatoms. The van der Waals surface area contributed by atoms with E-state index in [0.717, 1.165) is 11.6 Å². The molecule has 1 aromatic carbocycles. The van der Waals surface area contributed by atoms with Crippen LogP contribution in [0.25, 0.3) is 0 Å². The summed E-state index contributed by atoms with van der Waals surface area (Å²) in [4.78, 5) is 11.4. The van der Waals surface area contributed by atoms with E-state index in [-0.39, 0.29) is 36.0 Å². The average molecular weight is 400 g/mol. The standard InChI is InChI=1S/C16H20N2O6S2/c1-23-14-3-2-12(8-13(14)16(17)20)26(21,22)18-9-15(24-6-5-19)11-4-7-25-10-11/h2-4,7-8,10,15,18-19H,5-6,9H2,1H3,(H2,17,20)/t15-/m1/s1. The number of thiophene rings is 1. The van der Waals surface area contributed by atoms with Gasteiger partial charge in [0.1, 0.15) is 5.75 Å². The fraction of sp³-hybridized carbons (Fsp3) is 0.312. The molecule has 0 radical (unpaired) electrons. The van der Waals surface area contributed by atoms with E-state index in [9.17, 15) is 13.2 Å². The van der Waals surface area contributed by atoms with Crippen molar-refractivity contribution in [3.63, 3.8) is 0 Å².